The number of pyridine rings is 1. The summed E-state index contributed by atoms with van der Waals surface area (Å²) >= 11 is 1.55. The first kappa shape index (κ1) is 13.7. The fourth-order valence-electron chi connectivity index (χ4n) is 2.04. The predicted octanol–water partition coefficient (Wildman–Crippen LogP) is 2.28. The summed E-state index contributed by atoms with van der Waals surface area (Å²) in [6.07, 6.45) is 6.78. The molecule has 1 atom stereocenters. The number of sulfonamides is 1. The highest BCUT2D eigenvalue weighted by Crippen LogP contribution is 2.42. The summed E-state index contributed by atoms with van der Waals surface area (Å²) in [5.41, 5.74) is 0. The quantitative estimate of drug-likeness (QED) is 0.919. The van der Waals surface area contributed by atoms with E-state index in [1.807, 2.05) is 6.92 Å². The molecule has 1 aliphatic rings. The summed E-state index contributed by atoms with van der Waals surface area (Å²) in [6, 6.07) is 2.94. The summed E-state index contributed by atoms with van der Waals surface area (Å²) in [5.74, 6) is 0.354. The van der Waals surface area contributed by atoms with Crippen molar-refractivity contribution in [2.75, 3.05) is 0 Å². The summed E-state index contributed by atoms with van der Waals surface area (Å²) in [7, 11) is -3.55. The molecule has 1 fully saturated rings. The van der Waals surface area contributed by atoms with Crippen LogP contribution in [0.15, 0.2) is 35.6 Å². The van der Waals surface area contributed by atoms with Crippen molar-refractivity contribution in [3.63, 3.8) is 0 Å². The minimum absolute atomic E-state index is 0.193. The number of hydrogen-bond donors (Lipinski definition) is 1. The first-order chi connectivity index (χ1) is 9.56. The van der Waals surface area contributed by atoms with Crippen LogP contribution in [0.1, 0.15) is 28.8 Å². The molecule has 2 aromatic rings. The zero-order valence-electron chi connectivity index (χ0n) is 11.0. The molecule has 0 saturated heterocycles. The molecule has 2 heterocycles. The Hall–Kier alpha value is -1.31. The highest BCUT2D eigenvalue weighted by atomic mass is 32.2. The SMILES string of the molecule is Cc1cnc([C@H](NS(=O)(=O)c2cccnc2)C2CC2)s1. The molecule has 0 unspecified atom stereocenters. The molecule has 5 nitrogen and oxygen atoms in total. The van der Waals surface area contributed by atoms with Crippen molar-refractivity contribution in [1.82, 2.24) is 14.7 Å². The third kappa shape index (κ3) is 2.89. The first-order valence-electron chi connectivity index (χ1n) is 6.41. The molecule has 0 bridgehead atoms. The van der Waals surface area contributed by atoms with E-state index < -0.39 is 10.0 Å². The van der Waals surface area contributed by atoms with Crippen LogP contribution in [0.2, 0.25) is 0 Å². The molecule has 106 valence electrons. The summed E-state index contributed by atoms with van der Waals surface area (Å²) in [6.45, 7) is 1.97. The van der Waals surface area contributed by atoms with Crippen LogP contribution in [-0.2, 0) is 10.0 Å². The third-order valence-corrected chi connectivity index (χ3v) is 5.65. The average Bonchev–Trinajstić information content (AvgIpc) is 3.19. The first-order valence-corrected chi connectivity index (χ1v) is 8.71. The number of nitrogens with one attached hydrogen (secondary N) is 1. The summed E-state index contributed by atoms with van der Waals surface area (Å²) < 4.78 is 27.5. The molecule has 0 aliphatic heterocycles. The fourth-order valence-corrected chi connectivity index (χ4v) is 4.26. The van der Waals surface area contributed by atoms with E-state index in [-0.39, 0.29) is 10.9 Å². The van der Waals surface area contributed by atoms with Crippen molar-refractivity contribution in [1.29, 1.82) is 0 Å². The minimum Gasteiger partial charge on any atom is -0.263 e. The Bertz CT molecular complexity index is 693. The molecule has 0 spiro atoms. The standard InChI is InChI=1S/C13H15N3O2S2/c1-9-7-15-13(19-9)12(10-4-5-10)16-20(17,18)11-3-2-6-14-8-11/h2-3,6-8,10,12,16H,4-5H2,1H3/t12-/m1/s1. The number of nitrogens with zero attached hydrogens (tertiary/aromatic N) is 2. The second-order valence-corrected chi connectivity index (χ2v) is 7.91. The van der Waals surface area contributed by atoms with Crippen LogP contribution in [-0.4, -0.2) is 18.4 Å². The highest BCUT2D eigenvalue weighted by Gasteiger charge is 2.37. The molecule has 1 saturated carbocycles. The number of hydrogen-bond acceptors (Lipinski definition) is 5. The van der Waals surface area contributed by atoms with Gasteiger partial charge in [-0.05, 0) is 37.8 Å². The topological polar surface area (TPSA) is 72.0 Å². The third-order valence-electron chi connectivity index (χ3n) is 3.23. The van der Waals surface area contributed by atoms with Crippen LogP contribution >= 0.6 is 11.3 Å². The zero-order valence-corrected chi connectivity index (χ0v) is 12.6. The lowest BCUT2D eigenvalue weighted by molar-refractivity contribution is 0.527. The van der Waals surface area contributed by atoms with Crippen LogP contribution in [0, 0.1) is 12.8 Å². The Labute approximate surface area is 122 Å². The van der Waals surface area contributed by atoms with E-state index >= 15 is 0 Å². The Morgan fingerprint density at radius 3 is 2.75 bits per heavy atom. The van der Waals surface area contributed by atoms with E-state index in [0.29, 0.717) is 5.92 Å². The fraction of sp³-hybridized carbons (Fsp3) is 0.385. The van der Waals surface area contributed by atoms with Crippen molar-refractivity contribution in [3.8, 4) is 0 Å². The van der Waals surface area contributed by atoms with E-state index in [2.05, 4.69) is 14.7 Å². The Kier molecular flexibility index (Phi) is 3.57. The van der Waals surface area contributed by atoms with E-state index in [1.165, 1.54) is 6.20 Å². The normalized spacial score (nSPS) is 17.1. The number of thiazole rings is 1. The van der Waals surface area contributed by atoms with Crippen molar-refractivity contribution < 1.29 is 8.42 Å². The molecular formula is C13H15N3O2S2. The largest absolute Gasteiger partial charge is 0.263 e. The maximum atomic E-state index is 12.4. The molecule has 2 aromatic heterocycles. The molecular weight excluding hydrogens is 294 g/mol. The van der Waals surface area contributed by atoms with E-state index in [1.54, 1.807) is 35.9 Å². The Balaban J connectivity index is 1.87. The van der Waals surface area contributed by atoms with E-state index in [4.69, 9.17) is 0 Å². The van der Waals surface area contributed by atoms with Gasteiger partial charge >= 0.3 is 0 Å². The van der Waals surface area contributed by atoms with Gasteiger partial charge in [-0.15, -0.1) is 11.3 Å². The van der Waals surface area contributed by atoms with E-state index in [9.17, 15) is 8.42 Å². The van der Waals surface area contributed by atoms with Gasteiger partial charge in [0.25, 0.3) is 0 Å². The molecule has 20 heavy (non-hydrogen) atoms. The van der Waals surface area contributed by atoms with Crippen LogP contribution in [0.4, 0.5) is 0 Å². The molecule has 1 aliphatic carbocycles. The average molecular weight is 309 g/mol. The van der Waals surface area contributed by atoms with Gasteiger partial charge in [-0.1, -0.05) is 0 Å². The second-order valence-electron chi connectivity index (χ2n) is 4.93. The summed E-state index contributed by atoms with van der Waals surface area (Å²) in [5, 5.41) is 0.845. The van der Waals surface area contributed by atoms with Crippen LogP contribution < -0.4 is 4.72 Å². The van der Waals surface area contributed by atoms with Gasteiger partial charge in [0.05, 0.1) is 6.04 Å². The maximum absolute atomic E-state index is 12.4. The Morgan fingerprint density at radius 2 is 2.20 bits per heavy atom. The molecule has 0 amide bonds. The smallest absolute Gasteiger partial charge is 0.242 e. The predicted molar refractivity (Wildman–Crippen MR) is 76.9 cm³/mol. The van der Waals surface area contributed by atoms with E-state index in [0.717, 1.165) is 22.7 Å². The monoisotopic (exact) mass is 309 g/mol. The van der Waals surface area contributed by atoms with Crippen molar-refractivity contribution in [2.24, 2.45) is 5.92 Å². The number of aromatic nitrogens is 2. The highest BCUT2D eigenvalue weighted by molar-refractivity contribution is 7.89. The van der Waals surface area contributed by atoms with Crippen LogP contribution in [0.25, 0.3) is 0 Å². The lowest BCUT2D eigenvalue weighted by Crippen LogP contribution is -2.30. The van der Waals surface area contributed by atoms with Crippen molar-refractivity contribution >= 4 is 21.4 Å². The molecule has 7 heteroatoms. The minimum atomic E-state index is -3.55. The zero-order chi connectivity index (χ0) is 14.2. The van der Waals surface area contributed by atoms with Gasteiger partial charge in [0.15, 0.2) is 0 Å². The summed E-state index contributed by atoms with van der Waals surface area (Å²) in [4.78, 5) is 9.48. The second kappa shape index (κ2) is 5.23. The molecule has 0 aromatic carbocycles. The molecule has 1 N–H and O–H groups in total. The number of aryl methyl sites for hydroxylation is 1. The van der Waals surface area contributed by atoms with Crippen LogP contribution in [0.3, 0.4) is 0 Å². The lowest BCUT2D eigenvalue weighted by Gasteiger charge is -2.15. The van der Waals surface area contributed by atoms with Gasteiger partial charge in [-0.3, -0.25) is 4.98 Å². The van der Waals surface area contributed by atoms with Gasteiger partial charge in [0.1, 0.15) is 9.90 Å². The van der Waals surface area contributed by atoms with Gasteiger partial charge in [-0.25, -0.2) is 18.1 Å². The molecule has 0 radical (unpaired) electrons. The Morgan fingerprint density at radius 1 is 1.40 bits per heavy atom. The van der Waals surface area contributed by atoms with Crippen molar-refractivity contribution in [3.05, 3.63) is 40.6 Å². The maximum Gasteiger partial charge on any atom is 0.242 e. The van der Waals surface area contributed by atoms with Gasteiger partial charge in [-0.2, -0.15) is 0 Å². The van der Waals surface area contributed by atoms with Gasteiger partial charge in [0.2, 0.25) is 10.0 Å². The van der Waals surface area contributed by atoms with Gasteiger partial charge in [0, 0.05) is 23.5 Å². The molecule has 3 rings (SSSR count). The van der Waals surface area contributed by atoms with Gasteiger partial charge < -0.3 is 0 Å². The van der Waals surface area contributed by atoms with Crippen molar-refractivity contribution in [2.45, 2.75) is 30.7 Å². The van der Waals surface area contributed by atoms with Crippen LogP contribution in [0.5, 0.6) is 0 Å². The lowest BCUT2D eigenvalue weighted by atomic mass is 10.2. The number of rotatable bonds is 5.